The predicted octanol–water partition coefficient (Wildman–Crippen LogP) is 5.20. The lowest BCUT2D eigenvalue weighted by molar-refractivity contribution is -0.126. The molecule has 7 nitrogen and oxygen atoms in total. The van der Waals surface area contributed by atoms with Crippen molar-refractivity contribution < 1.29 is 13.9 Å². The number of nitrogens with one attached hydrogen (secondary N) is 1. The Balaban J connectivity index is 1.36. The zero-order valence-corrected chi connectivity index (χ0v) is 23.0. The second-order valence-electron chi connectivity index (χ2n) is 9.79. The number of hydrogen-bond donors (Lipinski definition) is 1. The van der Waals surface area contributed by atoms with Gasteiger partial charge < -0.3 is 19.9 Å². The number of anilines is 1. The Morgan fingerprint density at radius 1 is 1.18 bits per heavy atom. The Labute approximate surface area is 232 Å². The van der Waals surface area contributed by atoms with Gasteiger partial charge in [0, 0.05) is 29.6 Å². The summed E-state index contributed by atoms with van der Waals surface area (Å²) in [6.45, 7) is 2.45. The van der Waals surface area contributed by atoms with Gasteiger partial charge in [-0.2, -0.15) is 0 Å². The van der Waals surface area contributed by atoms with Crippen molar-refractivity contribution in [3.63, 3.8) is 0 Å². The van der Waals surface area contributed by atoms with E-state index in [2.05, 4.69) is 15.3 Å². The van der Waals surface area contributed by atoms with Crippen LogP contribution in [0, 0.1) is 5.82 Å². The maximum absolute atomic E-state index is 14.1. The van der Waals surface area contributed by atoms with Crippen molar-refractivity contribution in [2.75, 3.05) is 39.1 Å². The second kappa shape index (κ2) is 12.5. The maximum Gasteiger partial charge on any atom is 0.246 e. The van der Waals surface area contributed by atoms with Crippen LogP contribution in [-0.2, 0) is 29.1 Å². The van der Waals surface area contributed by atoms with E-state index < -0.39 is 0 Å². The molecule has 5 rings (SSSR count). The summed E-state index contributed by atoms with van der Waals surface area (Å²) in [5.41, 5.74) is 2.76. The van der Waals surface area contributed by atoms with Crippen molar-refractivity contribution in [2.45, 2.75) is 25.6 Å². The fourth-order valence-corrected chi connectivity index (χ4v) is 5.87. The fourth-order valence-electron chi connectivity index (χ4n) is 4.67. The number of nitrogens with zero attached hydrogens (tertiary/aromatic N) is 4. The Hall–Kier alpha value is -3.66. The van der Waals surface area contributed by atoms with Gasteiger partial charge in [-0.05, 0) is 37.7 Å². The second-order valence-corrected chi connectivity index (χ2v) is 10.9. The number of halogens is 1. The standard InChI is InChI=1S/C30H32FN5O2S/c1-35(2)15-8-13-27(37)36-16-14-23-26(17-36)39-30-28(23)29(32-20-33-30)34-25(21-9-4-3-5-10-21)19-38-18-22-11-6-7-12-24(22)31/h3-13,20,25H,14-19H2,1-2H3,(H,32,33,34). The minimum Gasteiger partial charge on any atom is -0.374 e. The normalized spacial score (nSPS) is 14.2. The number of hydrogen-bond acceptors (Lipinski definition) is 7. The number of fused-ring (bicyclic) bond motifs is 3. The number of benzene rings is 2. The molecule has 39 heavy (non-hydrogen) atoms. The van der Waals surface area contributed by atoms with Gasteiger partial charge in [-0.3, -0.25) is 4.79 Å². The van der Waals surface area contributed by atoms with E-state index in [1.165, 1.54) is 11.6 Å². The minimum atomic E-state index is -0.273. The Bertz CT molecular complexity index is 1460. The topological polar surface area (TPSA) is 70.6 Å². The molecular formula is C30H32FN5O2S. The molecule has 0 saturated heterocycles. The van der Waals surface area contributed by atoms with Crippen LogP contribution >= 0.6 is 11.3 Å². The SMILES string of the molecule is CN(C)CC=CC(=O)N1CCc2c(sc3ncnc(NC(COCc4ccccc4F)c4ccccc4)c23)C1. The van der Waals surface area contributed by atoms with Gasteiger partial charge in [0.25, 0.3) is 0 Å². The summed E-state index contributed by atoms with van der Waals surface area (Å²) in [6.07, 6.45) is 5.87. The maximum atomic E-state index is 14.1. The van der Waals surface area contributed by atoms with E-state index in [1.54, 1.807) is 41.9 Å². The molecule has 9 heteroatoms. The average Bonchev–Trinajstić information content (AvgIpc) is 3.32. The molecule has 0 bridgehead atoms. The van der Waals surface area contributed by atoms with Crippen molar-refractivity contribution in [2.24, 2.45) is 0 Å². The number of thiophene rings is 1. The highest BCUT2D eigenvalue weighted by Gasteiger charge is 2.26. The summed E-state index contributed by atoms with van der Waals surface area (Å²) >= 11 is 1.61. The molecule has 202 valence electrons. The first kappa shape index (κ1) is 26.9. The zero-order valence-electron chi connectivity index (χ0n) is 22.1. The lowest BCUT2D eigenvalue weighted by Crippen LogP contribution is -2.34. The number of amides is 1. The fraction of sp³-hybridized carbons (Fsp3) is 0.300. The first-order valence-corrected chi connectivity index (χ1v) is 13.8. The quantitative estimate of drug-likeness (QED) is 0.276. The summed E-state index contributed by atoms with van der Waals surface area (Å²) in [4.78, 5) is 27.8. The highest BCUT2D eigenvalue weighted by molar-refractivity contribution is 7.19. The van der Waals surface area contributed by atoms with Crippen LogP contribution in [0.2, 0.25) is 0 Å². The molecule has 0 fully saturated rings. The van der Waals surface area contributed by atoms with E-state index >= 15 is 0 Å². The minimum absolute atomic E-state index is 0.0283. The third-order valence-electron chi connectivity index (χ3n) is 6.69. The third kappa shape index (κ3) is 6.50. The summed E-state index contributed by atoms with van der Waals surface area (Å²) in [7, 11) is 3.95. The van der Waals surface area contributed by atoms with Crippen LogP contribution in [0.15, 0.2) is 73.1 Å². The van der Waals surface area contributed by atoms with E-state index in [-0.39, 0.29) is 24.4 Å². The van der Waals surface area contributed by atoms with Crippen LogP contribution in [0.4, 0.5) is 10.2 Å². The average molecular weight is 546 g/mol. The molecule has 0 radical (unpaired) electrons. The monoisotopic (exact) mass is 545 g/mol. The molecule has 0 saturated carbocycles. The van der Waals surface area contributed by atoms with Crippen LogP contribution in [0.1, 0.15) is 27.6 Å². The molecule has 4 aromatic rings. The number of aromatic nitrogens is 2. The van der Waals surface area contributed by atoms with Gasteiger partial charge in [-0.15, -0.1) is 11.3 Å². The number of carbonyl (C=O) groups excluding carboxylic acids is 1. The molecule has 1 N–H and O–H groups in total. The molecule has 1 amide bonds. The summed E-state index contributed by atoms with van der Waals surface area (Å²) < 4.78 is 20.1. The molecular weight excluding hydrogens is 513 g/mol. The smallest absolute Gasteiger partial charge is 0.246 e. The van der Waals surface area contributed by atoms with Crippen LogP contribution in [-0.4, -0.2) is 59.5 Å². The summed E-state index contributed by atoms with van der Waals surface area (Å²) in [6, 6.07) is 16.5. The molecule has 2 aromatic carbocycles. The van der Waals surface area contributed by atoms with E-state index in [0.29, 0.717) is 25.3 Å². The largest absolute Gasteiger partial charge is 0.374 e. The van der Waals surface area contributed by atoms with Crippen LogP contribution in [0.3, 0.4) is 0 Å². The van der Waals surface area contributed by atoms with E-state index in [1.807, 2.05) is 60.3 Å². The highest BCUT2D eigenvalue weighted by atomic mass is 32.1. The van der Waals surface area contributed by atoms with E-state index in [0.717, 1.165) is 39.4 Å². The summed E-state index contributed by atoms with van der Waals surface area (Å²) in [5, 5.41) is 4.59. The van der Waals surface area contributed by atoms with Crippen molar-refractivity contribution in [3.8, 4) is 0 Å². The first-order chi connectivity index (χ1) is 19.0. The Morgan fingerprint density at radius 3 is 2.77 bits per heavy atom. The number of ether oxygens (including phenoxy) is 1. The van der Waals surface area contributed by atoms with E-state index in [9.17, 15) is 9.18 Å². The first-order valence-electron chi connectivity index (χ1n) is 13.0. The lowest BCUT2D eigenvalue weighted by Gasteiger charge is -2.26. The van der Waals surface area contributed by atoms with Gasteiger partial charge in [0.1, 0.15) is 22.8 Å². The van der Waals surface area contributed by atoms with E-state index in [4.69, 9.17) is 4.74 Å². The molecule has 2 aromatic heterocycles. The van der Waals surface area contributed by atoms with Crippen molar-refractivity contribution in [1.82, 2.24) is 19.8 Å². The van der Waals surface area contributed by atoms with Gasteiger partial charge in [0.2, 0.25) is 5.91 Å². The number of rotatable bonds is 10. The molecule has 3 heterocycles. The number of likely N-dealkylation sites (N-methyl/N-ethyl adjacent to an activating group) is 1. The summed E-state index contributed by atoms with van der Waals surface area (Å²) in [5.74, 6) is 0.497. The van der Waals surface area contributed by atoms with Gasteiger partial charge in [-0.25, -0.2) is 14.4 Å². The van der Waals surface area contributed by atoms with Crippen molar-refractivity contribution >= 4 is 33.3 Å². The highest BCUT2D eigenvalue weighted by Crippen LogP contribution is 2.38. The Kier molecular flexibility index (Phi) is 8.61. The van der Waals surface area contributed by atoms with Crippen LogP contribution in [0.5, 0.6) is 0 Å². The van der Waals surface area contributed by atoms with Crippen molar-refractivity contribution in [3.05, 3.63) is 100 Å². The van der Waals surface area contributed by atoms with Gasteiger partial charge in [-0.1, -0.05) is 54.6 Å². The van der Waals surface area contributed by atoms with Gasteiger partial charge in [0.15, 0.2) is 0 Å². The Morgan fingerprint density at radius 2 is 1.97 bits per heavy atom. The predicted molar refractivity (Wildman–Crippen MR) is 153 cm³/mol. The van der Waals surface area contributed by atoms with Gasteiger partial charge >= 0.3 is 0 Å². The van der Waals surface area contributed by atoms with Crippen LogP contribution < -0.4 is 5.32 Å². The third-order valence-corrected chi connectivity index (χ3v) is 7.82. The molecule has 1 atom stereocenters. The molecule has 1 aliphatic heterocycles. The number of carbonyl (C=O) groups is 1. The van der Waals surface area contributed by atoms with Gasteiger partial charge in [0.05, 0.1) is 31.2 Å². The zero-order chi connectivity index (χ0) is 27.2. The lowest BCUT2D eigenvalue weighted by atomic mass is 10.0. The molecule has 1 aliphatic rings. The van der Waals surface area contributed by atoms with Crippen LogP contribution in [0.25, 0.3) is 10.2 Å². The molecule has 1 unspecified atom stereocenters. The molecule has 0 spiro atoms. The molecule has 0 aliphatic carbocycles. The van der Waals surface area contributed by atoms with Crippen molar-refractivity contribution in [1.29, 1.82) is 0 Å².